The van der Waals surface area contributed by atoms with Crippen LogP contribution in [0.4, 0.5) is 0 Å². The molecule has 3 rings (SSSR count). The molecule has 0 amide bonds. The van der Waals surface area contributed by atoms with Gasteiger partial charge in [-0.05, 0) is 63.5 Å². The Bertz CT molecular complexity index is 1050. The molecule has 0 bridgehead atoms. The van der Waals surface area contributed by atoms with Crippen molar-refractivity contribution in [2.45, 2.75) is 18.1 Å². The molecular formula is C22H25N3O3S. The van der Waals surface area contributed by atoms with Crippen LogP contribution in [-0.2, 0) is 6.54 Å². The highest BCUT2D eigenvalue weighted by Gasteiger charge is 2.14. The molecule has 2 aromatic carbocycles. The van der Waals surface area contributed by atoms with Gasteiger partial charge in [-0.3, -0.25) is 14.2 Å². The smallest absolute Gasteiger partial charge is 0.262 e. The van der Waals surface area contributed by atoms with E-state index in [0.29, 0.717) is 33.9 Å². The molecule has 1 heterocycles. The lowest BCUT2D eigenvalue weighted by Crippen LogP contribution is -2.25. The maximum atomic E-state index is 13.0. The Morgan fingerprint density at radius 2 is 1.86 bits per heavy atom. The number of aromatic nitrogens is 2. The minimum absolute atomic E-state index is 0.0140. The van der Waals surface area contributed by atoms with Crippen molar-refractivity contribution in [2.24, 2.45) is 0 Å². The van der Waals surface area contributed by atoms with Gasteiger partial charge in [-0.15, -0.1) is 0 Å². The largest absolute Gasteiger partial charge is 0.497 e. The van der Waals surface area contributed by atoms with Crippen LogP contribution >= 0.6 is 11.8 Å². The third kappa shape index (κ3) is 5.25. The quantitative estimate of drug-likeness (QED) is 0.306. The molecule has 0 aliphatic carbocycles. The van der Waals surface area contributed by atoms with Gasteiger partial charge in [0, 0.05) is 12.1 Å². The predicted molar refractivity (Wildman–Crippen MR) is 117 cm³/mol. The highest BCUT2D eigenvalue weighted by Crippen LogP contribution is 2.20. The average molecular weight is 412 g/mol. The Labute approximate surface area is 174 Å². The molecule has 152 valence electrons. The summed E-state index contributed by atoms with van der Waals surface area (Å²) in [4.78, 5) is 32.4. The zero-order valence-electron chi connectivity index (χ0n) is 16.9. The molecule has 0 N–H and O–H groups in total. The number of para-hydroxylation sites is 1. The van der Waals surface area contributed by atoms with Gasteiger partial charge >= 0.3 is 0 Å². The molecule has 0 spiro atoms. The molecule has 0 saturated carbocycles. The second-order valence-electron chi connectivity index (χ2n) is 6.97. The molecule has 3 aromatic rings. The predicted octanol–water partition coefficient (Wildman–Crippen LogP) is 3.33. The van der Waals surface area contributed by atoms with Crippen molar-refractivity contribution < 1.29 is 9.53 Å². The number of nitrogens with zero attached hydrogens (tertiary/aromatic N) is 3. The monoisotopic (exact) mass is 411 g/mol. The number of ketones is 1. The van der Waals surface area contributed by atoms with Crippen molar-refractivity contribution in [3.63, 3.8) is 0 Å². The summed E-state index contributed by atoms with van der Waals surface area (Å²) < 4.78 is 6.83. The van der Waals surface area contributed by atoms with Crippen molar-refractivity contribution in [1.82, 2.24) is 14.5 Å². The first-order chi connectivity index (χ1) is 14.0. The van der Waals surface area contributed by atoms with Gasteiger partial charge in [0.25, 0.3) is 5.56 Å². The Morgan fingerprint density at radius 3 is 2.55 bits per heavy atom. The van der Waals surface area contributed by atoms with E-state index in [9.17, 15) is 9.59 Å². The van der Waals surface area contributed by atoms with E-state index in [0.717, 1.165) is 13.0 Å². The summed E-state index contributed by atoms with van der Waals surface area (Å²) in [5, 5.41) is 1.18. The third-order valence-electron chi connectivity index (χ3n) is 4.56. The fraction of sp³-hybridized carbons (Fsp3) is 0.318. The van der Waals surface area contributed by atoms with E-state index < -0.39 is 0 Å². The number of thioether (sulfide) groups is 1. The van der Waals surface area contributed by atoms with Gasteiger partial charge < -0.3 is 9.64 Å². The standard InChI is InChI=1S/C22H25N3O3S/c1-24(2)13-6-14-25-21(27)18-7-4-5-8-19(18)23-22(25)29-15-20(26)16-9-11-17(28-3)12-10-16/h4-5,7-12H,6,13-15H2,1-3H3. The third-order valence-corrected chi connectivity index (χ3v) is 5.53. The number of ether oxygens (including phenoxy) is 1. The SMILES string of the molecule is COc1ccc(C(=O)CSc2nc3ccccc3c(=O)n2CCCN(C)C)cc1. The molecule has 6 nitrogen and oxygen atoms in total. The van der Waals surface area contributed by atoms with Crippen LogP contribution < -0.4 is 10.3 Å². The van der Waals surface area contributed by atoms with Crippen LogP contribution in [0.1, 0.15) is 16.8 Å². The Hall–Kier alpha value is -2.64. The second-order valence-corrected chi connectivity index (χ2v) is 7.91. The number of carbonyl (C=O) groups is 1. The summed E-state index contributed by atoms with van der Waals surface area (Å²) in [7, 11) is 5.60. The van der Waals surface area contributed by atoms with Crippen LogP contribution in [0.5, 0.6) is 5.75 Å². The van der Waals surface area contributed by atoms with Crippen LogP contribution in [-0.4, -0.2) is 53.7 Å². The molecule has 7 heteroatoms. The lowest BCUT2D eigenvalue weighted by atomic mass is 10.1. The number of rotatable bonds is 9. The lowest BCUT2D eigenvalue weighted by Gasteiger charge is -2.14. The summed E-state index contributed by atoms with van der Waals surface area (Å²) in [6, 6.07) is 14.4. The maximum absolute atomic E-state index is 13.0. The first-order valence-electron chi connectivity index (χ1n) is 9.44. The van der Waals surface area contributed by atoms with E-state index in [1.54, 1.807) is 42.0 Å². The normalized spacial score (nSPS) is 11.2. The molecule has 0 aliphatic rings. The van der Waals surface area contributed by atoms with E-state index in [1.807, 2.05) is 32.3 Å². The molecule has 0 fully saturated rings. The minimum atomic E-state index is -0.0613. The van der Waals surface area contributed by atoms with E-state index in [4.69, 9.17) is 4.74 Å². The van der Waals surface area contributed by atoms with Crippen molar-refractivity contribution in [1.29, 1.82) is 0 Å². The van der Waals surface area contributed by atoms with Crippen LogP contribution in [0.15, 0.2) is 58.5 Å². The summed E-state index contributed by atoms with van der Waals surface area (Å²) in [5.41, 5.74) is 1.20. The fourth-order valence-corrected chi connectivity index (χ4v) is 3.91. The van der Waals surface area contributed by atoms with Crippen LogP contribution in [0, 0.1) is 0 Å². The number of carbonyl (C=O) groups excluding carboxylic acids is 1. The molecular weight excluding hydrogens is 386 g/mol. The molecule has 0 unspecified atom stereocenters. The van der Waals surface area contributed by atoms with Gasteiger partial charge in [-0.1, -0.05) is 23.9 Å². The van der Waals surface area contributed by atoms with Crippen LogP contribution in [0.2, 0.25) is 0 Å². The number of hydrogen-bond acceptors (Lipinski definition) is 6. The van der Waals surface area contributed by atoms with Gasteiger partial charge in [0.05, 0.1) is 23.8 Å². The molecule has 29 heavy (non-hydrogen) atoms. The Morgan fingerprint density at radius 1 is 1.14 bits per heavy atom. The molecule has 0 aliphatic heterocycles. The highest BCUT2D eigenvalue weighted by atomic mass is 32.2. The molecule has 1 aromatic heterocycles. The van der Waals surface area contributed by atoms with Gasteiger partial charge in [-0.25, -0.2) is 4.98 Å². The van der Waals surface area contributed by atoms with Gasteiger partial charge in [0.15, 0.2) is 10.9 Å². The number of hydrogen-bond donors (Lipinski definition) is 0. The van der Waals surface area contributed by atoms with E-state index in [-0.39, 0.29) is 17.1 Å². The van der Waals surface area contributed by atoms with Gasteiger partial charge in [0.1, 0.15) is 5.75 Å². The minimum Gasteiger partial charge on any atom is -0.497 e. The van der Waals surface area contributed by atoms with Gasteiger partial charge in [0.2, 0.25) is 0 Å². The lowest BCUT2D eigenvalue weighted by molar-refractivity contribution is 0.102. The first-order valence-corrected chi connectivity index (χ1v) is 10.4. The van der Waals surface area contributed by atoms with Crippen molar-refractivity contribution in [3.05, 3.63) is 64.4 Å². The summed E-state index contributed by atoms with van der Waals surface area (Å²) in [5.74, 6) is 0.908. The van der Waals surface area contributed by atoms with Crippen molar-refractivity contribution in [3.8, 4) is 5.75 Å². The number of methoxy groups -OCH3 is 1. The van der Waals surface area contributed by atoms with Gasteiger partial charge in [-0.2, -0.15) is 0 Å². The van der Waals surface area contributed by atoms with Crippen LogP contribution in [0.3, 0.4) is 0 Å². The fourth-order valence-electron chi connectivity index (χ4n) is 2.99. The molecule has 0 radical (unpaired) electrons. The maximum Gasteiger partial charge on any atom is 0.262 e. The van der Waals surface area contributed by atoms with E-state index in [1.165, 1.54) is 11.8 Å². The molecule has 0 atom stereocenters. The number of fused-ring (bicyclic) bond motifs is 1. The first kappa shape index (κ1) is 21.1. The average Bonchev–Trinajstić information content (AvgIpc) is 2.73. The summed E-state index contributed by atoms with van der Waals surface area (Å²) in [6.07, 6.45) is 0.826. The van der Waals surface area contributed by atoms with E-state index in [2.05, 4.69) is 9.88 Å². The summed E-state index contributed by atoms with van der Waals surface area (Å²) in [6.45, 7) is 1.43. The zero-order valence-corrected chi connectivity index (χ0v) is 17.7. The topological polar surface area (TPSA) is 64.4 Å². The van der Waals surface area contributed by atoms with E-state index >= 15 is 0 Å². The highest BCUT2D eigenvalue weighted by molar-refractivity contribution is 7.99. The molecule has 0 saturated heterocycles. The Kier molecular flexibility index (Phi) is 7.06. The summed E-state index contributed by atoms with van der Waals surface area (Å²) >= 11 is 1.31. The zero-order chi connectivity index (χ0) is 20.8. The second kappa shape index (κ2) is 9.71. The van der Waals surface area contributed by atoms with Crippen LogP contribution in [0.25, 0.3) is 10.9 Å². The van der Waals surface area contributed by atoms with Crippen molar-refractivity contribution in [2.75, 3.05) is 33.5 Å². The number of Topliss-reactive ketones (excluding diaryl/α,β-unsaturated/α-hetero) is 1. The Balaban J connectivity index is 1.83. The number of benzene rings is 2. The van der Waals surface area contributed by atoms with Crippen molar-refractivity contribution >= 4 is 28.4 Å².